The van der Waals surface area contributed by atoms with E-state index in [1.54, 1.807) is 0 Å². The van der Waals surface area contributed by atoms with Crippen molar-refractivity contribution in [3.63, 3.8) is 0 Å². The summed E-state index contributed by atoms with van der Waals surface area (Å²) < 4.78 is 0. The predicted octanol–water partition coefficient (Wildman–Crippen LogP) is 4.26. The van der Waals surface area contributed by atoms with Crippen LogP contribution < -0.4 is 5.32 Å². The van der Waals surface area contributed by atoms with Crippen molar-refractivity contribution in [2.75, 3.05) is 7.05 Å². The highest BCUT2D eigenvalue weighted by molar-refractivity contribution is 5.85. The number of fused-ring (bicyclic) bond motifs is 1. The number of rotatable bonds is 5. The van der Waals surface area contributed by atoms with Crippen molar-refractivity contribution in [1.82, 2.24) is 5.32 Å². The molecule has 2 aromatic rings. The van der Waals surface area contributed by atoms with E-state index in [9.17, 15) is 0 Å². The Kier molecular flexibility index (Phi) is 4.60. The smallest absolute Gasteiger partial charge is 0.0133 e. The molecule has 0 aliphatic carbocycles. The van der Waals surface area contributed by atoms with E-state index in [-0.39, 0.29) is 0 Å². The Hall–Kier alpha value is -1.34. The molecule has 0 bridgehead atoms. The lowest BCUT2D eigenvalue weighted by Gasteiger charge is -2.27. The maximum absolute atomic E-state index is 3.50. The van der Waals surface area contributed by atoms with E-state index in [1.165, 1.54) is 16.3 Å². The molecule has 0 radical (unpaired) electrons. The van der Waals surface area contributed by atoms with Gasteiger partial charge in [-0.3, -0.25) is 0 Å². The molecule has 1 heteroatoms. The minimum atomic E-state index is 0.533. The zero-order valence-electron chi connectivity index (χ0n) is 12.5. The Morgan fingerprint density at radius 2 is 1.63 bits per heavy atom. The highest BCUT2D eigenvalue weighted by atomic mass is 14.9. The lowest BCUT2D eigenvalue weighted by atomic mass is 9.86. The van der Waals surface area contributed by atoms with Gasteiger partial charge < -0.3 is 5.32 Å². The topological polar surface area (TPSA) is 12.0 Å². The van der Waals surface area contributed by atoms with Crippen LogP contribution in [0.25, 0.3) is 10.8 Å². The first-order valence-electron chi connectivity index (χ1n) is 7.27. The zero-order valence-corrected chi connectivity index (χ0v) is 12.5. The molecule has 0 amide bonds. The summed E-state index contributed by atoms with van der Waals surface area (Å²) >= 11 is 0. The Labute approximate surface area is 117 Å². The first kappa shape index (κ1) is 14.1. The fourth-order valence-electron chi connectivity index (χ4n) is 2.72. The largest absolute Gasteiger partial charge is 0.316 e. The quantitative estimate of drug-likeness (QED) is 0.841. The average molecular weight is 255 g/mol. The van der Waals surface area contributed by atoms with Gasteiger partial charge in [0.15, 0.2) is 0 Å². The molecule has 2 rings (SSSR count). The van der Waals surface area contributed by atoms with E-state index in [0.717, 1.165) is 6.42 Å². The zero-order chi connectivity index (χ0) is 13.8. The summed E-state index contributed by atoms with van der Waals surface area (Å²) in [7, 11) is 2.08. The number of nitrogens with one attached hydrogen (secondary N) is 1. The van der Waals surface area contributed by atoms with Gasteiger partial charge in [0.1, 0.15) is 0 Å². The monoisotopic (exact) mass is 255 g/mol. The lowest BCUT2D eigenvalue weighted by Crippen LogP contribution is -2.36. The average Bonchev–Trinajstić information content (AvgIpc) is 2.44. The number of benzene rings is 2. The lowest BCUT2D eigenvalue weighted by molar-refractivity contribution is 0.310. The first-order valence-corrected chi connectivity index (χ1v) is 7.27. The van der Waals surface area contributed by atoms with Crippen molar-refractivity contribution in [2.24, 2.45) is 11.8 Å². The molecule has 0 aliphatic heterocycles. The molecule has 1 N–H and O–H groups in total. The molecule has 0 aromatic heterocycles. The van der Waals surface area contributed by atoms with Crippen LogP contribution in [-0.4, -0.2) is 13.1 Å². The maximum atomic E-state index is 3.50. The fourth-order valence-corrected chi connectivity index (χ4v) is 2.72. The number of likely N-dealkylation sites (N-methyl/N-ethyl adjacent to an activating group) is 1. The van der Waals surface area contributed by atoms with Gasteiger partial charge in [-0.15, -0.1) is 0 Å². The third kappa shape index (κ3) is 3.16. The summed E-state index contributed by atoms with van der Waals surface area (Å²) in [5.74, 6) is 1.37. The molecule has 2 aromatic carbocycles. The summed E-state index contributed by atoms with van der Waals surface area (Å²) in [5.41, 5.74) is 1.45. The van der Waals surface area contributed by atoms with Crippen molar-refractivity contribution >= 4 is 10.8 Å². The second-order valence-electron chi connectivity index (χ2n) is 5.84. The molecule has 0 saturated heterocycles. The highest BCUT2D eigenvalue weighted by Crippen LogP contribution is 2.23. The summed E-state index contributed by atoms with van der Waals surface area (Å²) in [6.07, 6.45) is 1.09. The van der Waals surface area contributed by atoms with Crippen LogP contribution in [0.4, 0.5) is 0 Å². The van der Waals surface area contributed by atoms with E-state index < -0.39 is 0 Å². The summed E-state index contributed by atoms with van der Waals surface area (Å²) in [6, 6.07) is 15.8. The van der Waals surface area contributed by atoms with Crippen molar-refractivity contribution in [2.45, 2.75) is 33.2 Å². The highest BCUT2D eigenvalue weighted by Gasteiger charge is 2.19. The molecule has 1 nitrogen and oxygen atoms in total. The van der Waals surface area contributed by atoms with E-state index in [2.05, 4.69) is 75.6 Å². The normalized spacial score (nSPS) is 14.8. The van der Waals surface area contributed by atoms with Gasteiger partial charge in [-0.25, -0.2) is 0 Å². The van der Waals surface area contributed by atoms with Gasteiger partial charge in [-0.1, -0.05) is 63.2 Å². The first-order chi connectivity index (χ1) is 9.13. The van der Waals surface area contributed by atoms with E-state index in [0.29, 0.717) is 17.9 Å². The molecule has 0 fully saturated rings. The molecule has 0 heterocycles. The minimum Gasteiger partial charge on any atom is -0.316 e. The van der Waals surface area contributed by atoms with Crippen molar-refractivity contribution in [3.8, 4) is 0 Å². The second kappa shape index (κ2) is 6.21. The molecule has 102 valence electrons. The molecular formula is C18H25N. The van der Waals surface area contributed by atoms with E-state index in [4.69, 9.17) is 0 Å². The van der Waals surface area contributed by atoms with Crippen LogP contribution in [0.3, 0.4) is 0 Å². The Balaban J connectivity index is 2.29. The minimum absolute atomic E-state index is 0.533. The van der Waals surface area contributed by atoms with Gasteiger partial charge in [-0.05, 0) is 41.6 Å². The van der Waals surface area contributed by atoms with Crippen molar-refractivity contribution < 1.29 is 0 Å². The predicted molar refractivity (Wildman–Crippen MR) is 84.5 cm³/mol. The number of hydrogen-bond donors (Lipinski definition) is 1. The molecular weight excluding hydrogens is 230 g/mol. The Morgan fingerprint density at radius 1 is 0.947 bits per heavy atom. The summed E-state index contributed by atoms with van der Waals surface area (Å²) in [5, 5.41) is 6.23. The van der Waals surface area contributed by atoms with Crippen LogP contribution in [0, 0.1) is 11.8 Å². The number of hydrogen-bond acceptors (Lipinski definition) is 1. The molecule has 2 unspecified atom stereocenters. The second-order valence-corrected chi connectivity index (χ2v) is 5.84. The van der Waals surface area contributed by atoms with Crippen LogP contribution in [0.15, 0.2) is 42.5 Å². The van der Waals surface area contributed by atoms with Crippen LogP contribution in [0.5, 0.6) is 0 Å². The maximum Gasteiger partial charge on any atom is 0.0133 e. The molecule has 0 aliphatic rings. The molecule has 19 heavy (non-hydrogen) atoms. The molecule has 0 saturated carbocycles. The van der Waals surface area contributed by atoms with Crippen LogP contribution in [0.2, 0.25) is 0 Å². The van der Waals surface area contributed by atoms with Gasteiger partial charge in [-0.2, -0.15) is 0 Å². The molecule has 2 atom stereocenters. The van der Waals surface area contributed by atoms with E-state index >= 15 is 0 Å². The summed E-state index contributed by atoms with van der Waals surface area (Å²) in [4.78, 5) is 0. The Morgan fingerprint density at radius 3 is 2.32 bits per heavy atom. The summed E-state index contributed by atoms with van der Waals surface area (Å²) in [6.45, 7) is 6.95. The van der Waals surface area contributed by atoms with Gasteiger partial charge in [0.05, 0.1) is 0 Å². The van der Waals surface area contributed by atoms with Gasteiger partial charge in [0.25, 0.3) is 0 Å². The third-order valence-electron chi connectivity index (χ3n) is 4.38. The van der Waals surface area contributed by atoms with Crippen LogP contribution in [0.1, 0.15) is 26.3 Å². The Bertz CT molecular complexity index is 525. The molecule has 0 spiro atoms. The van der Waals surface area contributed by atoms with E-state index in [1.807, 2.05) is 0 Å². The van der Waals surface area contributed by atoms with Gasteiger partial charge in [0, 0.05) is 6.04 Å². The van der Waals surface area contributed by atoms with Gasteiger partial charge in [0.2, 0.25) is 0 Å². The standard InChI is InChI=1S/C18H25N/c1-13(2)14(3)18(19-4)12-16-10-7-9-15-8-5-6-11-17(15)16/h5-11,13-14,18-19H,12H2,1-4H3. The van der Waals surface area contributed by atoms with Crippen LogP contribution >= 0.6 is 0 Å². The van der Waals surface area contributed by atoms with Gasteiger partial charge >= 0.3 is 0 Å². The SMILES string of the molecule is CNC(Cc1cccc2ccccc12)C(C)C(C)C. The van der Waals surface area contributed by atoms with Crippen molar-refractivity contribution in [3.05, 3.63) is 48.0 Å². The third-order valence-corrected chi connectivity index (χ3v) is 4.38. The van der Waals surface area contributed by atoms with Crippen molar-refractivity contribution in [1.29, 1.82) is 0 Å². The fraction of sp³-hybridized carbons (Fsp3) is 0.444. The van der Waals surface area contributed by atoms with Crippen LogP contribution in [-0.2, 0) is 6.42 Å².